The number of pyridine rings is 1. The number of nitrogens with zero attached hydrogens (tertiary/aromatic N) is 3. The largest absolute Gasteiger partial charge is 0.493 e. The van der Waals surface area contributed by atoms with Crippen LogP contribution in [0.5, 0.6) is 5.88 Å². The van der Waals surface area contributed by atoms with Crippen LogP contribution < -0.4 is 0 Å². The van der Waals surface area contributed by atoms with E-state index in [9.17, 15) is 14.3 Å². The smallest absolute Gasteiger partial charge is 0.335 e. The molecule has 7 heteroatoms. The summed E-state index contributed by atoms with van der Waals surface area (Å²) in [4.78, 5) is 15.0. The molecular weight excluding hydrogens is 313 g/mol. The van der Waals surface area contributed by atoms with E-state index in [2.05, 4.69) is 10.1 Å². The van der Waals surface area contributed by atoms with Crippen LogP contribution in [0.2, 0.25) is 0 Å². The Hall–Kier alpha value is -3.22. The summed E-state index contributed by atoms with van der Waals surface area (Å²) in [5.74, 6) is -1.47. The van der Waals surface area contributed by atoms with Crippen molar-refractivity contribution in [1.82, 2.24) is 14.8 Å². The highest BCUT2D eigenvalue weighted by atomic mass is 19.1. The molecule has 0 spiro atoms. The first-order chi connectivity index (χ1) is 11.4. The molecule has 122 valence electrons. The van der Waals surface area contributed by atoms with Gasteiger partial charge >= 0.3 is 5.97 Å². The number of rotatable bonds is 4. The highest BCUT2D eigenvalue weighted by Crippen LogP contribution is 2.21. The van der Waals surface area contributed by atoms with Crippen molar-refractivity contribution in [1.29, 1.82) is 0 Å². The highest BCUT2D eigenvalue weighted by molar-refractivity contribution is 5.87. The maximum absolute atomic E-state index is 13.9. The number of aryl methyl sites for hydroxylation is 1. The quantitative estimate of drug-likeness (QED) is 0.769. The first-order valence-electron chi connectivity index (χ1n) is 7.16. The van der Waals surface area contributed by atoms with Crippen LogP contribution in [0.25, 0.3) is 5.82 Å². The average Bonchev–Trinajstić information content (AvgIpc) is 2.91. The van der Waals surface area contributed by atoms with Crippen molar-refractivity contribution in [3.05, 3.63) is 70.8 Å². The van der Waals surface area contributed by atoms with Gasteiger partial charge < -0.3 is 10.2 Å². The summed E-state index contributed by atoms with van der Waals surface area (Å²) in [6.45, 7) is 1.80. The molecule has 0 atom stereocenters. The summed E-state index contributed by atoms with van der Waals surface area (Å²) in [5, 5.41) is 23.2. The van der Waals surface area contributed by atoms with Gasteiger partial charge in [0.1, 0.15) is 5.82 Å². The number of carbonyl (C=O) groups is 1. The molecule has 2 aromatic heterocycles. The third-order valence-corrected chi connectivity index (χ3v) is 3.53. The van der Waals surface area contributed by atoms with E-state index in [1.807, 2.05) is 0 Å². The van der Waals surface area contributed by atoms with Crippen LogP contribution in [-0.2, 0) is 6.42 Å². The maximum atomic E-state index is 13.9. The number of aromatic carboxylic acids is 1. The minimum absolute atomic E-state index is 0.0287. The maximum Gasteiger partial charge on any atom is 0.335 e. The fourth-order valence-electron chi connectivity index (χ4n) is 2.33. The SMILES string of the molecule is Cc1ccc(Cc2cc(O)n(-c3cc(C(=O)O)ccn3)n2)c(F)c1. The van der Waals surface area contributed by atoms with Crippen LogP contribution in [0, 0.1) is 12.7 Å². The molecule has 2 heterocycles. The van der Waals surface area contributed by atoms with Crippen LogP contribution in [0.3, 0.4) is 0 Å². The minimum atomic E-state index is -1.10. The molecule has 6 nitrogen and oxygen atoms in total. The van der Waals surface area contributed by atoms with Crippen molar-refractivity contribution in [2.24, 2.45) is 0 Å². The lowest BCUT2D eigenvalue weighted by atomic mass is 10.1. The van der Waals surface area contributed by atoms with E-state index in [0.717, 1.165) is 10.2 Å². The lowest BCUT2D eigenvalue weighted by Gasteiger charge is -2.03. The molecule has 0 saturated carbocycles. The number of aromatic hydroxyl groups is 1. The van der Waals surface area contributed by atoms with E-state index in [-0.39, 0.29) is 29.5 Å². The van der Waals surface area contributed by atoms with Crippen LogP contribution >= 0.6 is 0 Å². The Morgan fingerprint density at radius 1 is 1.25 bits per heavy atom. The molecule has 2 N–H and O–H groups in total. The summed E-state index contributed by atoms with van der Waals surface area (Å²) >= 11 is 0. The van der Waals surface area contributed by atoms with Crippen molar-refractivity contribution < 1.29 is 19.4 Å². The van der Waals surface area contributed by atoms with E-state index in [1.165, 1.54) is 30.5 Å². The van der Waals surface area contributed by atoms with Gasteiger partial charge in [-0.1, -0.05) is 12.1 Å². The van der Waals surface area contributed by atoms with Gasteiger partial charge in [0.25, 0.3) is 0 Å². The van der Waals surface area contributed by atoms with Crippen molar-refractivity contribution in [2.75, 3.05) is 0 Å². The molecule has 24 heavy (non-hydrogen) atoms. The lowest BCUT2D eigenvalue weighted by molar-refractivity contribution is 0.0696. The minimum Gasteiger partial charge on any atom is -0.493 e. The van der Waals surface area contributed by atoms with Gasteiger partial charge in [0.15, 0.2) is 5.82 Å². The van der Waals surface area contributed by atoms with Gasteiger partial charge in [-0.2, -0.15) is 9.78 Å². The highest BCUT2D eigenvalue weighted by Gasteiger charge is 2.13. The Balaban J connectivity index is 1.93. The third-order valence-electron chi connectivity index (χ3n) is 3.53. The number of halogens is 1. The van der Waals surface area contributed by atoms with E-state index in [1.54, 1.807) is 19.1 Å². The van der Waals surface area contributed by atoms with Crippen molar-refractivity contribution in [2.45, 2.75) is 13.3 Å². The standard InChI is InChI=1S/C17H14FN3O3/c1-10-2-3-11(14(18)6-10)7-13-9-16(22)21(20-13)15-8-12(17(23)24)4-5-19-15/h2-6,8-9,22H,7H2,1H3,(H,23,24). The van der Waals surface area contributed by atoms with Gasteiger partial charge in [-0.25, -0.2) is 14.2 Å². The third kappa shape index (κ3) is 3.10. The van der Waals surface area contributed by atoms with Gasteiger partial charge in [0, 0.05) is 18.7 Å². The molecule has 3 rings (SSSR count). The number of carboxylic acid groups (broad SMARTS) is 1. The second-order valence-electron chi connectivity index (χ2n) is 5.39. The number of aromatic nitrogens is 3. The van der Waals surface area contributed by atoms with Gasteiger partial charge in [0.2, 0.25) is 5.88 Å². The average molecular weight is 327 g/mol. The zero-order valence-electron chi connectivity index (χ0n) is 12.8. The summed E-state index contributed by atoms with van der Waals surface area (Å²) in [5.41, 5.74) is 1.75. The Morgan fingerprint density at radius 2 is 2.04 bits per heavy atom. The zero-order valence-corrected chi connectivity index (χ0v) is 12.8. The van der Waals surface area contributed by atoms with E-state index < -0.39 is 5.97 Å². The van der Waals surface area contributed by atoms with Gasteiger partial charge in [-0.15, -0.1) is 0 Å². The van der Waals surface area contributed by atoms with E-state index in [0.29, 0.717) is 11.3 Å². The molecule has 0 amide bonds. The van der Waals surface area contributed by atoms with Crippen LogP contribution in [0.15, 0.2) is 42.6 Å². The topological polar surface area (TPSA) is 88.2 Å². The van der Waals surface area contributed by atoms with Crippen LogP contribution in [0.1, 0.15) is 27.2 Å². The summed E-state index contributed by atoms with van der Waals surface area (Å²) in [7, 11) is 0. The second kappa shape index (κ2) is 6.11. The number of benzene rings is 1. The van der Waals surface area contributed by atoms with Crippen molar-refractivity contribution in [3.8, 4) is 11.7 Å². The molecule has 0 aliphatic carbocycles. The Bertz CT molecular complexity index is 921. The molecule has 0 aliphatic heterocycles. The first kappa shape index (κ1) is 15.7. The number of carboxylic acids is 1. The molecule has 0 radical (unpaired) electrons. The lowest BCUT2D eigenvalue weighted by Crippen LogP contribution is -2.04. The fraction of sp³-hybridized carbons (Fsp3) is 0.118. The van der Waals surface area contributed by atoms with E-state index >= 15 is 0 Å². The molecule has 1 aromatic carbocycles. The Kier molecular flexibility index (Phi) is 3.99. The second-order valence-corrected chi connectivity index (χ2v) is 5.39. The Morgan fingerprint density at radius 3 is 2.75 bits per heavy atom. The summed E-state index contributed by atoms with van der Waals surface area (Å²) in [6.07, 6.45) is 1.52. The Labute approximate surface area is 136 Å². The monoisotopic (exact) mass is 327 g/mol. The first-order valence-corrected chi connectivity index (χ1v) is 7.16. The van der Waals surface area contributed by atoms with E-state index in [4.69, 9.17) is 5.11 Å². The van der Waals surface area contributed by atoms with Crippen LogP contribution in [0.4, 0.5) is 4.39 Å². The fourth-order valence-corrected chi connectivity index (χ4v) is 2.33. The molecule has 0 saturated heterocycles. The van der Waals surface area contributed by atoms with Crippen molar-refractivity contribution >= 4 is 5.97 Å². The number of hydrogen-bond acceptors (Lipinski definition) is 4. The summed E-state index contributed by atoms with van der Waals surface area (Å²) < 4.78 is 15.1. The molecule has 0 aliphatic rings. The van der Waals surface area contributed by atoms with Crippen molar-refractivity contribution in [3.63, 3.8) is 0 Å². The van der Waals surface area contributed by atoms with Gasteiger partial charge in [-0.05, 0) is 36.2 Å². The predicted molar refractivity (Wildman–Crippen MR) is 83.9 cm³/mol. The molecule has 0 bridgehead atoms. The molecule has 3 aromatic rings. The van der Waals surface area contributed by atoms with Crippen LogP contribution in [-0.4, -0.2) is 30.9 Å². The van der Waals surface area contributed by atoms with Gasteiger partial charge in [0.05, 0.1) is 11.3 Å². The van der Waals surface area contributed by atoms with Gasteiger partial charge in [-0.3, -0.25) is 0 Å². The molecule has 0 unspecified atom stereocenters. The zero-order chi connectivity index (χ0) is 17.3. The molecule has 0 fully saturated rings. The predicted octanol–water partition coefficient (Wildman–Crippen LogP) is 2.71. The summed E-state index contributed by atoms with van der Waals surface area (Å²) in [6, 6.07) is 8.94. The normalized spacial score (nSPS) is 10.8. The number of hydrogen-bond donors (Lipinski definition) is 2. The molecular formula is C17H14FN3O3.